The van der Waals surface area contributed by atoms with Crippen molar-refractivity contribution >= 4 is 83.9 Å². The van der Waals surface area contributed by atoms with Crippen LogP contribution < -0.4 is 17.0 Å². The lowest BCUT2D eigenvalue weighted by Gasteiger charge is -2.33. The average Bonchev–Trinajstić information content (AvgIpc) is 3.61. The highest BCUT2D eigenvalue weighted by atomic mass is 32.7. The number of ether oxygens (including phenoxy) is 2. The van der Waals surface area contributed by atoms with Gasteiger partial charge < -0.3 is 40.6 Å². The largest absolute Gasteiger partial charge is 0.582 e. The predicted molar refractivity (Wildman–Crippen MR) is 165 cm³/mol. The fraction of sp³-hybridized carbons (Fsp3) is 0.524. The average molecular weight is 734 g/mol. The number of hydrogen-bond donors (Lipinski definition) is 7. The number of nitrogen functional groups attached to an aromatic ring is 2. The van der Waals surface area contributed by atoms with Gasteiger partial charge in [-0.25, -0.2) is 19.9 Å². The minimum Gasteiger partial charge on any atom is -0.387 e. The number of aliphatic hydroxyl groups excluding tert-OH is 1. The highest BCUT2D eigenvalue weighted by molar-refractivity contribution is 8.39. The van der Waals surface area contributed by atoms with Gasteiger partial charge in [-0.05, 0) is 16.4 Å². The third-order valence-corrected chi connectivity index (χ3v) is 12.3. The van der Waals surface area contributed by atoms with Crippen molar-refractivity contribution < 1.29 is 42.7 Å². The minimum atomic E-state index is -4.25. The molecular weight excluding hydrogens is 710 g/mol. The Kier molecular flexibility index (Phi) is 7.10. The maximum Gasteiger partial charge on any atom is 0.582 e. The molecule has 8 rings (SSSR count). The third kappa shape index (κ3) is 4.57. The van der Waals surface area contributed by atoms with E-state index in [4.69, 9.17) is 46.3 Å². The number of thiol groups is 1. The van der Waals surface area contributed by atoms with Gasteiger partial charge in [0.1, 0.15) is 59.0 Å². The number of nitrogens with zero attached hydrogens (tertiary/aromatic N) is 7. The van der Waals surface area contributed by atoms with Gasteiger partial charge in [-0.15, -0.1) is 16.3 Å². The number of aromatic nitrogens is 8. The molecule has 1 saturated carbocycles. The van der Waals surface area contributed by atoms with E-state index >= 15 is 0 Å². The molecule has 3 saturated heterocycles. The predicted octanol–water partition coefficient (Wildman–Crippen LogP) is -0.899. The molecule has 8 N–H and O–H groups in total. The summed E-state index contributed by atoms with van der Waals surface area (Å²) in [5.74, 6) is -0.00654. The maximum atomic E-state index is 12.4. The smallest absolute Gasteiger partial charge is 0.387 e. The van der Waals surface area contributed by atoms with Crippen LogP contribution in [-0.4, -0.2) is 108 Å². The van der Waals surface area contributed by atoms with Crippen LogP contribution in [0.1, 0.15) is 11.6 Å². The number of anilines is 2. The summed E-state index contributed by atoms with van der Waals surface area (Å²) < 4.78 is 43.8. The standard InChI is InChI=1S/C21H22N10O10P2S3/c22-13-6-14(25-3-24-13)30(4-26-6)17-8-9(32)20(39-17,1-37-8)2-38-43(36,45)41-11-18(46-12-10(21(11,12)34)40-42(35)44)31-5-27-7-15(31)28-19(23)29-16(7)33/h3-5,8-12,17-18,32,34H,1-2H2,(H6-,22,23,24,25,28,29,33,35,36,44,45)/p+1/t8-,9+,10?,11+,12-,17-,18-,20-,21+,43?/m1/s1. The second kappa shape index (κ2) is 10.6. The molecule has 244 valence electrons. The molecule has 0 aromatic carbocycles. The number of nitrogens with one attached hydrogen (secondary N) is 1. The number of hydrogen-bond acceptors (Lipinski definition) is 18. The molecule has 20 nitrogen and oxygen atoms in total. The fourth-order valence-corrected chi connectivity index (χ4v) is 10.4. The van der Waals surface area contributed by atoms with E-state index in [1.165, 1.54) is 23.5 Å². The first kappa shape index (κ1) is 30.9. The Morgan fingerprint density at radius 2 is 1.98 bits per heavy atom. The van der Waals surface area contributed by atoms with Gasteiger partial charge >= 0.3 is 13.9 Å². The van der Waals surface area contributed by atoms with Crippen LogP contribution in [0.3, 0.4) is 0 Å². The molecule has 0 spiro atoms. The SMILES string of the molecule is Nc1nc2c(ncn2[C@@H]2S[C@@H]3C(O[P+](=O)S)[C@]3(O)[C@H]2OP(O)(=S)OC[C@@]23CO[C@@H]([C@H](n4cnc5c(N)ncnc54)O2)[C@@H]3O)c(=O)[nH]1. The lowest BCUT2D eigenvalue weighted by molar-refractivity contribution is -0.183. The first-order chi connectivity index (χ1) is 21.8. The molecule has 4 aromatic heterocycles. The number of imidazole rings is 2. The van der Waals surface area contributed by atoms with Gasteiger partial charge in [0, 0.05) is 0 Å². The Labute approximate surface area is 271 Å². The van der Waals surface area contributed by atoms with Crippen molar-refractivity contribution in [2.24, 2.45) is 0 Å². The van der Waals surface area contributed by atoms with Crippen LogP contribution >= 0.6 is 38.0 Å². The van der Waals surface area contributed by atoms with E-state index < -0.39 is 78.6 Å². The van der Waals surface area contributed by atoms with Crippen molar-refractivity contribution in [2.45, 2.75) is 52.5 Å². The molecule has 1 aliphatic carbocycles. The van der Waals surface area contributed by atoms with Crippen LogP contribution in [0, 0.1) is 0 Å². The van der Waals surface area contributed by atoms with Crippen molar-refractivity contribution in [3.63, 3.8) is 0 Å². The molecule has 46 heavy (non-hydrogen) atoms. The fourth-order valence-electron chi connectivity index (χ4n) is 6.16. The topological polar surface area (TPSA) is 283 Å². The van der Waals surface area contributed by atoms with Gasteiger partial charge in [-0.2, -0.15) is 4.98 Å². The highest BCUT2D eigenvalue weighted by Gasteiger charge is 2.80. The summed E-state index contributed by atoms with van der Waals surface area (Å²) in [6.07, 6.45) is -1.27. The van der Waals surface area contributed by atoms with Gasteiger partial charge in [0.15, 0.2) is 35.0 Å². The first-order valence-corrected chi connectivity index (χ1v) is 19.2. The summed E-state index contributed by atoms with van der Waals surface area (Å²) in [6.45, 7) is -4.82. The van der Waals surface area contributed by atoms with Gasteiger partial charge in [0.05, 0.1) is 31.1 Å². The lowest BCUT2D eigenvalue weighted by Crippen LogP contribution is -2.45. The van der Waals surface area contributed by atoms with Crippen molar-refractivity contribution in [1.82, 2.24) is 39.0 Å². The summed E-state index contributed by atoms with van der Waals surface area (Å²) in [6, 6.07) is 0. The first-order valence-electron chi connectivity index (χ1n) is 13.3. The number of H-pyrrole nitrogens is 1. The van der Waals surface area contributed by atoms with E-state index in [1.54, 1.807) is 4.57 Å². The van der Waals surface area contributed by atoms with Crippen LogP contribution in [0.2, 0.25) is 0 Å². The number of aromatic amines is 1. The Morgan fingerprint density at radius 3 is 2.76 bits per heavy atom. The van der Waals surface area contributed by atoms with Crippen LogP contribution in [0.5, 0.6) is 0 Å². The maximum absolute atomic E-state index is 12.4. The molecule has 4 aliphatic rings. The van der Waals surface area contributed by atoms with Crippen LogP contribution in [0.4, 0.5) is 11.8 Å². The molecule has 4 aromatic rings. The summed E-state index contributed by atoms with van der Waals surface area (Å²) in [5.41, 5.74) is 8.56. The Morgan fingerprint density at radius 1 is 1.22 bits per heavy atom. The molecule has 0 amide bonds. The number of fused-ring (bicyclic) bond motifs is 5. The molecule has 11 atom stereocenters. The number of aliphatic hydroxyl groups is 2. The van der Waals surface area contributed by atoms with Crippen LogP contribution in [0.25, 0.3) is 22.3 Å². The van der Waals surface area contributed by atoms with Gasteiger partial charge in [-0.1, -0.05) is 0 Å². The molecule has 2 bridgehead atoms. The summed E-state index contributed by atoms with van der Waals surface area (Å²) in [7, 11) is -2.41. The van der Waals surface area contributed by atoms with Crippen LogP contribution in [0.15, 0.2) is 23.8 Å². The highest BCUT2D eigenvalue weighted by Crippen LogP contribution is 2.69. The van der Waals surface area contributed by atoms with E-state index in [1.807, 2.05) is 0 Å². The van der Waals surface area contributed by atoms with Crippen molar-refractivity contribution in [3.05, 3.63) is 29.3 Å². The third-order valence-electron chi connectivity index (χ3n) is 8.39. The van der Waals surface area contributed by atoms with Crippen molar-refractivity contribution in [2.75, 3.05) is 24.7 Å². The van der Waals surface area contributed by atoms with E-state index in [-0.39, 0.29) is 29.5 Å². The minimum absolute atomic E-state index is 0.0244. The second-order valence-corrected chi connectivity index (χ2v) is 16.7. The molecule has 0 radical (unpaired) electrons. The molecule has 25 heteroatoms. The Balaban J connectivity index is 1.05. The summed E-state index contributed by atoms with van der Waals surface area (Å²) >= 11 is 10.3. The summed E-state index contributed by atoms with van der Waals surface area (Å²) in [5, 5.41) is 21.2. The monoisotopic (exact) mass is 733 g/mol. The van der Waals surface area contributed by atoms with E-state index in [0.717, 1.165) is 11.8 Å². The van der Waals surface area contributed by atoms with Crippen molar-refractivity contribution in [1.29, 1.82) is 0 Å². The zero-order valence-electron chi connectivity index (χ0n) is 22.8. The normalized spacial score (nSPS) is 36.3. The quantitative estimate of drug-likeness (QED) is 0.0810. The molecular formula is C21H23N10O10P2S3+. The zero-order chi connectivity index (χ0) is 32.3. The molecule has 7 heterocycles. The summed E-state index contributed by atoms with van der Waals surface area (Å²) in [4.78, 5) is 46.7. The second-order valence-electron chi connectivity index (χ2n) is 11.0. The zero-order valence-corrected chi connectivity index (χ0v) is 27.1. The lowest BCUT2D eigenvalue weighted by atomic mass is 10.0. The van der Waals surface area contributed by atoms with Gasteiger partial charge in [-0.3, -0.25) is 23.4 Å². The van der Waals surface area contributed by atoms with Gasteiger partial charge in [0.2, 0.25) is 5.95 Å². The molecule has 3 unspecified atom stereocenters. The number of thioether (sulfide) groups is 1. The van der Waals surface area contributed by atoms with E-state index in [2.05, 4.69) is 42.2 Å². The molecule has 3 aliphatic heterocycles. The van der Waals surface area contributed by atoms with Gasteiger partial charge in [0.25, 0.3) is 5.56 Å². The van der Waals surface area contributed by atoms with E-state index in [0.29, 0.717) is 11.2 Å². The van der Waals surface area contributed by atoms with E-state index in [9.17, 15) is 24.5 Å². The van der Waals surface area contributed by atoms with Crippen LogP contribution in [-0.2, 0) is 39.4 Å². The number of nitrogens with two attached hydrogens (primary N) is 2. The van der Waals surface area contributed by atoms with Crippen molar-refractivity contribution in [3.8, 4) is 0 Å². The Hall–Kier alpha value is -2.37. The Bertz CT molecular complexity index is 2030. The number of rotatable bonds is 9. The molecule has 4 fully saturated rings.